The van der Waals surface area contributed by atoms with Gasteiger partial charge in [0.2, 0.25) is 0 Å². The molecule has 2 nitrogen and oxygen atoms in total. The number of aldehydes is 1. The third kappa shape index (κ3) is 1.57. The van der Waals surface area contributed by atoms with Crippen LogP contribution in [0.2, 0.25) is 5.02 Å². The smallest absolute Gasteiger partial charge is 0.160 e. The Kier molecular flexibility index (Phi) is 2.57. The zero-order valence-electron chi connectivity index (χ0n) is 5.14. The molecule has 0 aliphatic rings. The number of nitrogens with zero attached hydrogens (tertiary/aromatic N) is 1. The van der Waals surface area contributed by atoms with E-state index in [9.17, 15) is 9.18 Å². The molecule has 0 saturated heterocycles. The first-order chi connectivity index (χ1) is 5.16. The number of hydrogen-bond donors (Lipinski definition) is 0. The molecule has 1 heterocycles. The van der Waals surface area contributed by atoms with Crippen molar-refractivity contribution in [1.82, 2.24) is 4.98 Å². The van der Waals surface area contributed by atoms with E-state index < -0.39 is 5.82 Å². The Morgan fingerprint density at radius 2 is 2.36 bits per heavy atom. The first kappa shape index (κ1) is 8.62. The molecule has 0 aliphatic heterocycles. The van der Waals surface area contributed by atoms with Gasteiger partial charge in [-0.1, -0.05) is 11.6 Å². The highest BCUT2D eigenvalue weighted by atomic mass is 79.9. The van der Waals surface area contributed by atoms with E-state index in [1.807, 2.05) is 0 Å². The molecule has 1 aromatic heterocycles. The summed E-state index contributed by atoms with van der Waals surface area (Å²) in [6, 6.07) is 0. The quantitative estimate of drug-likeness (QED) is 0.556. The predicted octanol–water partition coefficient (Wildman–Crippen LogP) is 2.45. The summed E-state index contributed by atoms with van der Waals surface area (Å²) in [6.07, 6.45) is 1.39. The van der Waals surface area contributed by atoms with Crippen LogP contribution in [0.4, 0.5) is 4.39 Å². The van der Waals surface area contributed by atoms with Crippen molar-refractivity contribution < 1.29 is 9.18 Å². The predicted molar refractivity (Wildman–Crippen MR) is 42.3 cm³/mol. The Bertz CT molecular complexity index is 305. The molecule has 0 atom stereocenters. The first-order valence-corrected chi connectivity index (χ1v) is 3.78. The van der Waals surface area contributed by atoms with Gasteiger partial charge in [-0.25, -0.2) is 9.37 Å². The van der Waals surface area contributed by atoms with Gasteiger partial charge in [0.05, 0.1) is 16.8 Å². The molecule has 0 spiro atoms. The first-order valence-electron chi connectivity index (χ1n) is 2.61. The summed E-state index contributed by atoms with van der Waals surface area (Å²) >= 11 is 8.37. The molecular weight excluding hydrogens is 236 g/mol. The fourth-order valence-electron chi connectivity index (χ4n) is 0.559. The summed E-state index contributed by atoms with van der Waals surface area (Å²) in [6.45, 7) is 0. The van der Waals surface area contributed by atoms with Gasteiger partial charge < -0.3 is 0 Å². The maximum Gasteiger partial charge on any atom is 0.160 e. The van der Waals surface area contributed by atoms with Crippen LogP contribution in [0.25, 0.3) is 0 Å². The standard InChI is InChI=1S/C6H2BrClFNO/c7-6-3(2-11)5(8)4(9)1-10-6/h1-2H. The van der Waals surface area contributed by atoms with Crippen molar-refractivity contribution in [2.75, 3.05) is 0 Å². The van der Waals surface area contributed by atoms with Crippen molar-refractivity contribution in [2.45, 2.75) is 0 Å². The average molecular weight is 238 g/mol. The van der Waals surface area contributed by atoms with Gasteiger partial charge in [-0.2, -0.15) is 0 Å². The second-order valence-electron chi connectivity index (χ2n) is 1.74. The molecule has 1 aromatic rings. The number of hydrogen-bond acceptors (Lipinski definition) is 2. The van der Waals surface area contributed by atoms with E-state index in [1.165, 1.54) is 0 Å². The van der Waals surface area contributed by atoms with Gasteiger partial charge in [0, 0.05) is 0 Å². The van der Waals surface area contributed by atoms with Crippen molar-refractivity contribution in [3.05, 3.63) is 27.2 Å². The Morgan fingerprint density at radius 3 is 2.82 bits per heavy atom. The SMILES string of the molecule is O=Cc1c(Br)ncc(F)c1Cl. The molecule has 11 heavy (non-hydrogen) atoms. The van der Waals surface area contributed by atoms with E-state index in [0.29, 0.717) is 6.29 Å². The van der Waals surface area contributed by atoms with Crippen molar-refractivity contribution in [1.29, 1.82) is 0 Å². The van der Waals surface area contributed by atoms with E-state index >= 15 is 0 Å². The molecule has 0 bridgehead atoms. The zero-order chi connectivity index (χ0) is 8.43. The lowest BCUT2D eigenvalue weighted by molar-refractivity contribution is 0.112. The molecule has 58 valence electrons. The molecule has 5 heteroatoms. The van der Waals surface area contributed by atoms with Gasteiger partial charge in [-0.3, -0.25) is 4.79 Å². The molecule has 1 rings (SSSR count). The fraction of sp³-hybridized carbons (Fsp3) is 0. The van der Waals surface area contributed by atoms with Gasteiger partial charge in [-0.05, 0) is 15.9 Å². The van der Waals surface area contributed by atoms with Crippen molar-refractivity contribution in [3.63, 3.8) is 0 Å². The minimum absolute atomic E-state index is 0.0340. The van der Waals surface area contributed by atoms with Crippen LogP contribution in [0.3, 0.4) is 0 Å². The lowest BCUT2D eigenvalue weighted by Crippen LogP contribution is -1.91. The third-order valence-electron chi connectivity index (χ3n) is 1.08. The number of carbonyl (C=O) groups is 1. The van der Waals surface area contributed by atoms with Crippen LogP contribution in [0.5, 0.6) is 0 Å². The number of carbonyl (C=O) groups excluding carboxylic acids is 1. The van der Waals surface area contributed by atoms with Gasteiger partial charge in [0.15, 0.2) is 12.1 Å². The summed E-state index contributed by atoms with van der Waals surface area (Å²) < 4.78 is 12.8. The Labute approximate surface area is 75.5 Å². The van der Waals surface area contributed by atoms with Gasteiger partial charge in [-0.15, -0.1) is 0 Å². The van der Waals surface area contributed by atoms with Crippen molar-refractivity contribution >= 4 is 33.8 Å². The summed E-state index contributed by atoms with van der Waals surface area (Å²) in [7, 11) is 0. The summed E-state index contributed by atoms with van der Waals surface area (Å²) in [5, 5.41) is -0.207. The highest BCUT2D eigenvalue weighted by molar-refractivity contribution is 9.10. The van der Waals surface area contributed by atoms with E-state index in [2.05, 4.69) is 20.9 Å². The molecule has 0 aromatic carbocycles. The van der Waals surface area contributed by atoms with Crippen molar-refractivity contribution in [2.24, 2.45) is 0 Å². The summed E-state index contributed by atoms with van der Waals surface area (Å²) in [4.78, 5) is 13.8. The van der Waals surface area contributed by atoms with Crippen LogP contribution in [0.1, 0.15) is 10.4 Å². The van der Waals surface area contributed by atoms with E-state index in [1.54, 1.807) is 0 Å². The fourth-order valence-corrected chi connectivity index (χ4v) is 1.25. The van der Waals surface area contributed by atoms with Crippen molar-refractivity contribution in [3.8, 4) is 0 Å². The van der Waals surface area contributed by atoms with Crippen LogP contribution in [-0.2, 0) is 0 Å². The van der Waals surface area contributed by atoms with Gasteiger partial charge in [0.25, 0.3) is 0 Å². The zero-order valence-corrected chi connectivity index (χ0v) is 7.49. The Hall–Kier alpha value is -0.480. The van der Waals surface area contributed by atoms with Gasteiger partial charge in [0.1, 0.15) is 4.60 Å². The molecule has 0 amide bonds. The summed E-state index contributed by atoms with van der Waals surface area (Å²) in [5.41, 5.74) is 0.0340. The second-order valence-corrected chi connectivity index (χ2v) is 2.87. The molecular formula is C6H2BrClFNO. The minimum Gasteiger partial charge on any atom is -0.298 e. The molecule has 0 radical (unpaired) electrons. The number of halogens is 3. The largest absolute Gasteiger partial charge is 0.298 e. The molecule has 0 aliphatic carbocycles. The van der Waals surface area contributed by atoms with E-state index in [0.717, 1.165) is 6.20 Å². The highest BCUT2D eigenvalue weighted by Crippen LogP contribution is 2.23. The Balaban J connectivity index is 3.40. The molecule has 0 fully saturated rings. The number of rotatable bonds is 1. The molecule has 0 saturated carbocycles. The summed E-state index contributed by atoms with van der Waals surface area (Å²) in [5.74, 6) is -0.697. The van der Waals surface area contributed by atoms with Crippen LogP contribution < -0.4 is 0 Å². The topological polar surface area (TPSA) is 30.0 Å². The average Bonchev–Trinajstić information content (AvgIpc) is 1.99. The maximum absolute atomic E-state index is 12.6. The highest BCUT2D eigenvalue weighted by Gasteiger charge is 2.09. The van der Waals surface area contributed by atoms with Crippen LogP contribution >= 0.6 is 27.5 Å². The lowest BCUT2D eigenvalue weighted by atomic mass is 10.3. The normalized spacial score (nSPS) is 9.73. The second kappa shape index (κ2) is 3.28. The monoisotopic (exact) mass is 237 g/mol. The Morgan fingerprint density at radius 1 is 1.73 bits per heavy atom. The third-order valence-corrected chi connectivity index (χ3v) is 2.09. The molecule has 0 N–H and O–H groups in total. The van der Waals surface area contributed by atoms with E-state index in [4.69, 9.17) is 11.6 Å². The lowest BCUT2D eigenvalue weighted by Gasteiger charge is -1.98. The van der Waals surface area contributed by atoms with Crippen LogP contribution in [0, 0.1) is 5.82 Å². The molecule has 0 unspecified atom stereocenters. The van der Waals surface area contributed by atoms with Crippen LogP contribution in [-0.4, -0.2) is 11.3 Å². The van der Waals surface area contributed by atoms with E-state index in [-0.39, 0.29) is 15.2 Å². The van der Waals surface area contributed by atoms with Crippen LogP contribution in [0.15, 0.2) is 10.8 Å². The number of aromatic nitrogens is 1. The minimum atomic E-state index is -0.697. The number of pyridine rings is 1. The van der Waals surface area contributed by atoms with Gasteiger partial charge >= 0.3 is 0 Å². The maximum atomic E-state index is 12.6.